The highest BCUT2D eigenvalue weighted by atomic mass is 19.1. The van der Waals surface area contributed by atoms with Gasteiger partial charge in [0.25, 0.3) is 0 Å². The zero-order chi connectivity index (χ0) is 16.4. The summed E-state index contributed by atoms with van der Waals surface area (Å²) in [6.07, 6.45) is 0. The second kappa shape index (κ2) is 5.81. The minimum Gasteiger partial charge on any atom is -0.439 e. The van der Waals surface area contributed by atoms with E-state index in [1.165, 1.54) is 12.1 Å². The van der Waals surface area contributed by atoms with Crippen LogP contribution < -0.4 is 11.1 Å². The lowest BCUT2D eigenvalue weighted by Crippen LogP contribution is -2.50. The van der Waals surface area contributed by atoms with E-state index in [2.05, 4.69) is 10.3 Å². The van der Waals surface area contributed by atoms with Gasteiger partial charge in [0.15, 0.2) is 5.58 Å². The summed E-state index contributed by atoms with van der Waals surface area (Å²) in [4.78, 5) is 16.2. The zero-order valence-electron chi connectivity index (χ0n) is 12.5. The van der Waals surface area contributed by atoms with Crippen molar-refractivity contribution in [3.05, 3.63) is 65.8 Å². The molecule has 1 amide bonds. The lowest BCUT2D eigenvalue weighted by molar-refractivity contribution is -0.124. The molecular weight excluding hydrogens is 297 g/mol. The first kappa shape index (κ1) is 15.2. The molecule has 3 aromatic rings. The van der Waals surface area contributed by atoms with Gasteiger partial charge in [0.05, 0.1) is 6.54 Å². The van der Waals surface area contributed by atoms with Crippen LogP contribution in [0.15, 0.2) is 52.9 Å². The number of rotatable bonds is 5. The third-order valence-corrected chi connectivity index (χ3v) is 3.83. The molecule has 0 spiro atoms. The van der Waals surface area contributed by atoms with Gasteiger partial charge in [0.1, 0.15) is 16.9 Å². The van der Waals surface area contributed by atoms with E-state index in [9.17, 15) is 9.18 Å². The number of benzene rings is 2. The molecule has 3 rings (SSSR count). The highest BCUT2D eigenvalue weighted by molar-refractivity contribution is 5.85. The fourth-order valence-corrected chi connectivity index (χ4v) is 2.38. The summed E-state index contributed by atoms with van der Waals surface area (Å²) in [5.41, 5.74) is 6.16. The third-order valence-electron chi connectivity index (χ3n) is 3.83. The average Bonchev–Trinajstić information content (AvgIpc) is 2.95. The molecule has 0 saturated carbocycles. The summed E-state index contributed by atoms with van der Waals surface area (Å²) < 4.78 is 18.7. The number of hydrogen-bond donors (Lipinski definition) is 2. The number of amides is 1. The Morgan fingerprint density at radius 3 is 2.74 bits per heavy atom. The van der Waals surface area contributed by atoms with Crippen molar-refractivity contribution in [3.63, 3.8) is 0 Å². The van der Waals surface area contributed by atoms with Crippen LogP contribution in [0.3, 0.4) is 0 Å². The molecule has 0 radical (unpaired) electrons. The Morgan fingerprint density at radius 1 is 1.30 bits per heavy atom. The molecule has 1 atom stereocenters. The zero-order valence-corrected chi connectivity index (χ0v) is 12.5. The van der Waals surface area contributed by atoms with E-state index in [1.807, 2.05) is 30.3 Å². The van der Waals surface area contributed by atoms with E-state index in [1.54, 1.807) is 13.0 Å². The lowest BCUT2D eigenvalue weighted by atomic mass is 9.91. The number of aromatic nitrogens is 1. The largest absolute Gasteiger partial charge is 0.439 e. The first-order valence-electron chi connectivity index (χ1n) is 7.14. The minimum absolute atomic E-state index is 0.185. The quantitative estimate of drug-likeness (QED) is 0.758. The highest BCUT2D eigenvalue weighted by Crippen LogP contribution is 2.22. The Balaban J connectivity index is 1.85. The number of nitrogens with one attached hydrogen (secondary N) is 1. The fourth-order valence-electron chi connectivity index (χ4n) is 2.38. The highest BCUT2D eigenvalue weighted by Gasteiger charge is 2.32. The van der Waals surface area contributed by atoms with Crippen molar-refractivity contribution in [2.24, 2.45) is 5.73 Å². The van der Waals surface area contributed by atoms with Crippen LogP contribution in [-0.4, -0.2) is 10.9 Å². The van der Waals surface area contributed by atoms with Gasteiger partial charge in [-0.2, -0.15) is 0 Å². The maximum atomic E-state index is 13.2. The van der Waals surface area contributed by atoms with Gasteiger partial charge in [0, 0.05) is 6.07 Å². The van der Waals surface area contributed by atoms with E-state index in [4.69, 9.17) is 10.2 Å². The summed E-state index contributed by atoms with van der Waals surface area (Å²) >= 11 is 0. The smallest absolute Gasteiger partial charge is 0.242 e. The van der Waals surface area contributed by atoms with Gasteiger partial charge in [-0.1, -0.05) is 30.3 Å². The van der Waals surface area contributed by atoms with Crippen LogP contribution >= 0.6 is 0 Å². The van der Waals surface area contributed by atoms with Crippen molar-refractivity contribution in [3.8, 4) is 0 Å². The number of fused-ring (bicyclic) bond motifs is 1. The molecule has 0 bridgehead atoms. The lowest BCUT2D eigenvalue weighted by Gasteiger charge is -2.27. The predicted octanol–water partition coefficient (Wildman–Crippen LogP) is 2.46. The average molecular weight is 313 g/mol. The maximum Gasteiger partial charge on any atom is 0.242 e. The van der Waals surface area contributed by atoms with Gasteiger partial charge in [-0.05, 0) is 24.6 Å². The van der Waals surface area contributed by atoms with Gasteiger partial charge < -0.3 is 10.2 Å². The van der Waals surface area contributed by atoms with Crippen LogP contribution in [0.1, 0.15) is 18.4 Å². The summed E-state index contributed by atoms with van der Waals surface area (Å²) in [7, 11) is 0. The van der Waals surface area contributed by atoms with Gasteiger partial charge in [0.2, 0.25) is 11.8 Å². The first-order chi connectivity index (χ1) is 11.0. The fraction of sp³-hybridized carbons (Fsp3) is 0.176. The number of carbonyl (C=O) groups excluding carboxylic acids is 1. The summed E-state index contributed by atoms with van der Waals surface area (Å²) in [5, 5.41) is 3.08. The standard InChI is InChI=1S/C17H16FN3O2/c1-17(16(19)22,11-5-3-2-4-6-11)20-10-15-21-13-8-7-12(18)9-14(13)23-15/h2-9,20H,10H2,1H3,(H2,19,22)/t17-/m1/s1. The van der Waals surface area contributed by atoms with E-state index in [0.717, 1.165) is 5.56 Å². The van der Waals surface area contributed by atoms with Crippen molar-refractivity contribution in [2.75, 3.05) is 0 Å². The van der Waals surface area contributed by atoms with E-state index in [-0.39, 0.29) is 12.4 Å². The van der Waals surface area contributed by atoms with Gasteiger partial charge in [-0.25, -0.2) is 9.37 Å². The molecule has 3 N–H and O–H groups in total. The van der Waals surface area contributed by atoms with E-state index in [0.29, 0.717) is 17.0 Å². The molecule has 0 aliphatic carbocycles. The Morgan fingerprint density at radius 2 is 2.04 bits per heavy atom. The van der Waals surface area contributed by atoms with Crippen molar-refractivity contribution < 1.29 is 13.6 Å². The SMILES string of the molecule is C[C@](NCc1nc2ccc(F)cc2o1)(C(N)=O)c1ccccc1. The Hall–Kier alpha value is -2.73. The number of nitrogens with two attached hydrogens (primary N) is 1. The van der Waals surface area contributed by atoms with E-state index >= 15 is 0 Å². The second-order valence-corrected chi connectivity index (χ2v) is 5.43. The summed E-state index contributed by atoms with van der Waals surface area (Å²) in [6, 6.07) is 13.3. The Labute approximate surface area is 132 Å². The Kier molecular flexibility index (Phi) is 3.83. The van der Waals surface area contributed by atoms with Crippen LogP contribution in [-0.2, 0) is 16.9 Å². The molecule has 6 heteroatoms. The normalized spacial score (nSPS) is 13.8. The molecule has 1 heterocycles. The van der Waals surface area contributed by atoms with Crippen LogP contribution in [0.4, 0.5) is 4.39 Å². The van der Waals surface area contributed by atoms with Crippen LogP contribution in [0.25, 0.3) is 11.1 Å². The molecule has 0 fully saturated rings. The minimum atomic E-state index is -1.06. The monoisotopic (exact) mass is 313 g/mol. The molecule has 0 saturated heterocycles. The molecule has 118 valence electrons. The summed E-state index contributed by atoms with van der Waals surface area (Å²) in [5.74, 6) is -0.542. The van der Waals surface area contributed by atoms with Gasteiger partial charge in [-0.3, -0.25) is 10.1 Å². The molecule has 23 heavy (non-hydrogen) atoms. The number of carbonyl (C=O) groups is 1. The van der Waals surface area contributed by atoms with Crippen LogP contribution in [0, 0.1) is 5.82 Å². The number of halogens is 1. The van der Waals surface area contributed by atoms with Crippen molar-refractivity contribution in [1.29, 1.82) is 0 Å². The van der Waals surface area contributed by atoms with Gasteiger partial charge >= 0.3 is 0 Å². The molecule has 5 nitrogen and oxygen atoms in total. The number of hydrogen-bond acceptors (Lipinski definition) is 4. The van der Waals surface area contributed by atoms with Gasteiger partial charge in [-0.15, -0.1) is 0 Å². The number of nitrogens with zero attached hydrogens (tertiary/aromatic N) is 1. The van der Waals surface area contributed by atoms with Crippen molar-refractivity contribution >= 4 is 17.0 Å². The molecule has 0 unspecified atom stereocenters. The van der Waals surface area contributed by atoms with Crippen molar-refractivity contribution in [1.82, 2.24) is 10.3 Å². The van der Waals surface area contributed by atoms with Crippen molar-refractivity contribution in [2.45, 2.75) is 19.0 Å². The molecular formula is C17H16FN3O2. The molecule has 0 aliphatic heterocycles. The molecule has 0 aliphatic rings. The molecule has 2 aromatic carbocycles. The molecule has 1 aromatic heterocycles. The third kappa shape index (κ3) is 2.93. The Bertz CT molecular complexity index is 847. The predicted molar refractivity (Wildman–Crippen MR) is 83.8 cm³/mol. The number of primary amides is 1. The van der Waals surface area contributed by atoms with E-state index < -0.39 is 11.4 Å². The summed E-state index contributed by atoms with van der Waals surface area (Å²) in [6.45, 7) is 1.89. The topological polar surface area (TPSA) is 81.2 Å². The first-order valence-corrected chi connectivity index (χ1v) is 7.14. The maximum absolute atomic E-state index is 13.2. The van der Waals surface area contributed by atoms with Crippen LogP contribution in [0.2, 0.25) is 0 Å². The number of oxazole rings is 1. The van der Waals surface area contributed by atoms with Crippen LogP contribution in [0.5, 0.6) is 0 Å². The second-order valence-electron chi connectivity index (χ2n) is 5.43.